The molecule has 1 heterocycles. The van der Waals surface area contributed by atoms with Crippen LogP contribution in [-0.2, 0) is 6.54 Å². The Morgan fingerprint density at radius 1 is 1.26 bits per heavy atom. The molecule has 0 spiro atoms. The average molecular weight is 256 g/mol. The maximum Gasteiger partial charge on any atom is 0.0995 e. The van der Waals surface area contributed by atoms with Crippen LogP contribution < -0.4 is 0 Å². The lowest BCUT2D eigenvalue weighted by Gasteiger charge is -2.20. The minimum Gasteiger partial charge on any atom is -0.299 e. The summed E-state index contributed by atoms with van der Waals surface area (Å²) < 4.78 is 0. The van der Waals surface area contributed by atoms with E-state index in [4.69, 9.17) is 5.26 Å². The molecule has 0 bridgehead atoms. The molecule has 1 saturated heterocycles. The summed E-state index contributed by atoms with van der Waals surface area (Å²) in [5.41, 5.74) is 2.01. The predicted octanol–water partition coefficient (Wildman–Crippen LogP) is 3.96. The zero-order valence-electron chi connectivity index (χ0n) is 11.9. The smallest absolute Gasteiger partial charge is 0.0995 e. The van der Waals surface area contributed by atoms with E-state index in [1.165, 1.54) is 50.8 Å². The van der Waals surface area contributed by atoms with E-state index in [1.54, 1.807) is 0 Å². The minimum atomic E-state index is 0.830. The standard InChI is InChI=1S/C17H24N2/c1-2-6-15-7-5-11-19(12-10-15)14-17-9-4-3-8-16(17)13-18/h3-4,8-9,15H,2,5-7,10-12,14H2,1H3. The molecule has 19 heavy (non-hydrogen) atoms. The molecule has 102 valence electrons. The second-order valence-electron chi connectivity index (χ2n) is 5.63. The number of hydrogen-bond donors (Lipinski definition) is 0. The van der Waals surface area contributed by atoms with E-state index in [-0.39, 0.29) is 0 Å². The third-order valence-corrected chi connectivity index (χ3v) is 4.17. The Balaban J connectivity index is 1.94. The van der Waals surface area contributed by atoms with Crippen LogP contribution in [0.4, 0.5) is 0 Å². The van der Waals surface area contributed by atoms with Crippen molar-refractivity contribution in [1.29, 1.82) is 5.26 Å². The molecular formula is C17H24N2. The molecule has 2 heteroatoms. The maximum atomic E-state index is 9.15. The van der Waals surface area contributed by atoms with Gasteiger partial charge in [-0.05, 0) is 49.9 Å². The Kier molecular flexibility index (Phi) is 5.42. The van der Waals surface area contributed by atoms with Crippen LogP contribution in [-0.4, -0.2) is 18.0 Å². The van der Waals surface area contributed by atoms with Gasteiger partial charge in [0.1, 0.15) is 0 Å². The van der Waals surface area contributed by atoms with Crippen LogP contribution in [0.5, 0.6) is 0 Å². The third kappa shape index (κ3) is 4.08. The van der Waals surface area contributed by atoms with Crippen LogP contribution in [0, 0.1) is 17.2 Å². The first kappa shape index (κ1) is 14.1. The second kappa shape index (κ2) is 7.31. The van der Waals surface area contributed by atoms with E-state index in [1.807, 2.05) is 18.2 Å². The van der Waals surface area contributed by atoms with Gasteiger partial charge >= 0.3 is 0 Å². The first-order chi connectivity index (χ1) is 9.33. The highest BCUT2D eigenvalue weighted by atomic mass is 15.1. The van der Waals surface area contributed by atoms with Gasteiger partial charge in [-0.25, -0.2) is 0 Å². The lowest BCUT2D eigenvalue weighted by atomic mass is 9.96. The van der Waals surface area contributed by atoms with Crippen LogP contribution in [0.15, 0.2) is 24.3 Å². The van der Waals surface area contributed by atoms with Gasteiger partial charge < -0.3 is 0 Å². The van der Waals surface area contributed by atoms with E-state index >= 15 is 0 Å². The maximum absolute atomic E-state index is 9.15. The van der Waals surface area contributed by atoms with Crippen molar-refractivity contribution >= 4 is 0 Å². The molecule has 0 aromatic heterocycles. The summed E-state index contributed by atoms with van der Waals surface area (Å²) in [5, 5.41) is 9.15. The van der Waals surface area contributed by atoms with Crippen LogP contribution in [0.2, 0.25) is 0 Å². The van der Waals surface area contributed by atoms with Crippen LogP contribution >= 0.6 is 0 Å². The summed E-state index contributed by atoms with van der Waals surface area (Å²) in [6.07, 6.45) is 6.69. The fourth-order valence-corrected chi connectivity index (χ4v) is 3.09. The van der Waals surface area contributed by atoms with E-state index in [0.717, 1.165) is 18.0 Å². The Bertz CT molecular complexity index is 433. The van der Waals surface area contributed by atoms with Crippen LogP contribution in [0.1, 0.15) is 50.2 Å². The van der Waals surface area contributed by atoms with Gasteiger partial charge in [-0.1, -0.05) is 38.0 Å². The van der Waals surface area contributed by atoms with E-state index in [2.05, 4.69) is 24.0 Å². The van der Waals surface area contributed by atoms with Gasteiger partial charge in [-0.3, -0.25) is 4.90 Å². The van der Waals surface area contributed by atoms with Crippen molar-refractivity contribution in [1.82, 2.24) is 4.90 Å². The summed E-state index contributed by atoms with van der Waals surface area (Å²) in [6.45, 7) is 5.58. The molecule has 0 aliphatic carbocycles. The molecule has 1 fully saturated rings. The first-order valence-electron chi connectivity index (χ1n) is 7.54. The molecule has 1 unspecified atom stereocenters. The molecule has 0 N–H and O–H groups in total. The molecule has 0 saturated carbocycles. The third-order valence-electron chi connectivity index (χ3n) is 4.17. The fraction of sp³-hybridized carbons (Fsp3) is 0.588. The zero-order valence-corrected chi connectivity index (χ0v) is 11.9. The van der Waals surface area contributed by atoms with Crippen molar-refractivity contribution in [2.45, 2.75) is 45.6 Å². The van der Waals surface area contributed by atoms with Gasteiger partial charge in [-0.15, -0.1) is 0 Å². The molecule has 1 aromatic carbocycles. The van der Waals surface area contributed by atoms with Crippen molar-refractivity contribution in [3.8, 4) is 6.07 Å². The number of hydrogen-bond acceptors (Lipinski definition) is 2. The van der Waals surface area contributed by atoms with Gasteiger partial charge in [0.15, 0.2) is 0 Å². The number of nitriles is 1. The van der Waals surface area contributed by atoms with Gasteiger partial charge in [0.25, 0.3) is 0 Å². The molecule has 2 nitrogen and oxygen atoms in total. The summed E-state index contributed by atoms with van der Waals surface area (Å²) in [5.74, 6) is 0.918. The monoisotopic (exact) mass is 256 g/mol. The molecule has 1 aromatic rings. The largest absolute Gasteiger partial charge is 0.299 e. The van der Waals surface area contributed by atoms with Crippen LogP contribution in [0.3, 0.4) is 0 Å². The summed E-state index contributed by atoms with van der Waals surface area (Å²) in [4.78, 5) is 2.52. The quantitative estimate of drug-likeness (QED) is 0.815. The van der Waals surface area contributed by atoms with Crippen molar-refractivity contribution in [2.75, 3.05) is 13.1 Å². The Labute approximate surface area is 117 Å². The summed E-state index contributed by atoms with van der Waals surface area (Å²) >= 11 is 0. The normalized spacial score (nSPS) is 20.7. The summed E-state index contributed by atoms with van der Waals surface area (Å²) in [7, 11) is 0. The van der Waals surface area contributed by atoms with Crippen molar-refractivity contribution in [3.05, 3.63) is 35.4 Å². The van der Waals surface area contributed by atoms with Gasteiger partial charge in [0.2, 0.25) is 0 Å². The zero-order chi connectivity index (χ0) is 13.5. The highest BCUT2D eigenvalue weighted by Gasteiger charge is 2.17. The number of nitrogens with zero attached hydrogens (tertiary/aromatic N) is 2. The molecule has 0 amide bonds. The lowest BCUT2D eigenvalue weighted by molar-refractivity contribution is 0.271. The van der Waals surface area contributed by atoms with Crippen LogP contribution in [0.25, 0.3) is 0 Å². The Morgan fingerprint density at radius 2 is 2.11 bits per heavy atom. The molecular weight excluding hydrogens is 232 g/mol. The minimum absolute atomic E-state index is 0.830. The molecule has 1 aliphatic heterocycles. The van der Waals surface area contributed by atoms with E-state index in [9.17, 15) is 0 Å². The lowest BCUT2D eigenvalue weighted by Crippen LogP contribution is -2.24. The van der Waals surface area contributed by atoms with E-state index < -0.39 is 0 Å². The Hall–Kier alpha value is -1.33. The first-order valence-corrected chi connectivity index (χ1v) is 7.54. The number of likely N-dealkylation sites (tertiary alicyclic amines) is 1. The highest BCUT2D eigenvalue weighted by molar-refractivity contribution is 5.37. The van der Waals surface area contributed by atoms with Crippen molar-refractivity contribution in [3.63, 3.8) is 0 Å². The molecule has 1 atom stereocenters. The number of benzene rings is 1. The predicted molar refractivity (Wildman–Crippen MR) is 78.7 cm³/mol. The van der Waals surface area contributed by atoms with Crippen molar-refractivity contribution in [2.24, 2.45) is 5.92 Å². The SMILES string of the molecule is CCCC1CCCN(Cc2ccccc2C#N)CC1. The van der Waals surface area contributed by atoms with Crippen molar-refractivity contribution < 1.29 is 0 Å². The fourth-order valence-electron chi connectivity index (χ4n) is 3.09. The molecule has 1 aliphatic rings. The summed E-state index contributed by atoms with van der Waals surface area (Å²) in [6, 6.07) is 10.3. The second-order valence-corrected chi connectivity index (χ2v) is 5.63. The Morgan fingerprint density at radius 3 is 2.89 bits per heavy atom. The number of rotatable bonds is 4. The molecule has 2 rings (SSSR count). The average Bonchev–Trinajstić information content (AvgIpc) is 2.66. The topological polar surface area (TPSA) is 27.0 Å². The highest BCUT2D eigenvalue weighted by Crippen LogP contribution is 2.23. The van der Waals surface area contributed by atoms with Gasteiger partial charge in [0, 0.05) is 6.54 Å². The van der Waals surface area contributed by atoms with Gasteiger partial charge in [0.05, 0.1) is 11.6 Å². The van der Waals surface area contributed by atoms with E-state index in [0.29, 0.717) is 0 Å². The van der Waals surface area contributed by atoms with Gasteiger partial charge in [-0.2, -0.15) is 5.26 Å². The molecule has 0 radical (unpaired) electrons.